The van der Waals surface area contributed by atoms with Crippen molar-refractivity contribution in [1.29, 1.82) is 0 Å². The Hall–Kier alpha value is -1.67. The minimum Gasteiger partial charge on any atom is -0.497 e. The number of benzene rings is 2. The van der Waals surface area contributed by atoms with Gasteiger partial charge in [0.25, 0.3) is 0 Å². The molecule has 0 saturated carbocycles. The summed E-state index contributed by atoms with van der Waals surface area (Å²) in [7, 11) is 3.27. The van der Waals surface area contributed by atoms with Gasteiger partial charge in [-0.15, -0.1) is 0 Å². The van der Waals surface area contributed by atoms with Crippen LogP contribution in [0.2, 0.25) is 5.02 Å². The lowest BCUT2D eigenvalue weighted by Gasteiger charge is -2.10. The van der Waals surface area contributed by atoms with Gasteiger partial charge in [-0.2, -0.15) is 0 Å². The highest BCUT2D eigenvalue weighted by molar-refractivity contribution is 6.30. The molecule has 2 rings (SSSR count). The Morgan fingerprint density at radius 2 is 1.76 bits per heavy atom. The second-order valence-corrected chi connectivity index (χ2v) is 4.01. The zero-order chi connectivity index (χ0) is 12.3. The molecule has 2 nitrogen and oxygen atoms in total. The van der Waals surface area contributed by atoms with E-state index in [2.05, 4.69) is 0 Å². The smallest absolute Gasteiger partial charge is 0.130 e. The summed E-state index contributed by atoms with van der Waals surface area (Å²) in [5, 5.41) is 0.709. The maximum absolute atomic E-state index is 5.98. The summed E-state index contributed by atoms with van der Waals surface area (Å²) in [4.78, 5) is 0. The second kappa shape index (κ2) is 5.11. The quantitative estimate of drug-likeness (QED) is 0.817. The van der Waals surface area contributed by atoms with Crippen LogP contribution in [0.3, 0.4) is 0 Å². The third kappa shape index (κ3) is 2.53. The summed E-state index contributed by atoms with van der Waals surface area (Å²) in [6, 6.07) is 13.4. The topological polar surface area (TPSA) is 18.5 Å². The molecule has 0 spiro atoms. The maximum Gasteiger partial charge on any atom is 0.130 e. The Morgan fingerprint density at radius 3 is 2.41 bits per heavy atom. The van der Waals surface area contributed by atoms with Gasteiger partial charge in [-0.25, -0.2) is 0 Å². The molecule has 2 aromatic rings. The van der Waals surface area contributed by atoms with E-state index in [1.165, 1.54) is 0 Å². The predicted molar refractivity (Wildman–Crippen MR) is 70.0 cm³/mol. The van der Waals surface area contributed by atoms with Gasteiger partial charge in [0.1, 0.15) is 11.5 Å². The molecule has 2 aromatic carbocycles. The van der Waals surface area contributed by atoms with Crippen LogP contribution in [0.1, 0.15) is 0 Å². The van der Waals surface area contributed by atoms with Gasteiger partial charge in [0.15, 0.2) is 0 Å². The number of halogens is 1. The molecule has 0 aliphatic heterocycles. The van der Waals surface area contributed by atoms with Crippen LogP contribution in [0.4, 0.5) is 0 Å². The fourth-order valence-electron chi connectivity index (χ4n) is 1.69. The Morgan fingerprint density at radius 1 is 0.941 bits per heavy atom. The van der Waals surface area contributed by atoms with Crippen LogP contribution in [0.5, 0.6) is 11.5 Å². The molecule has 0 fully saturated rings. The molecule has 0 saturated heterocycles. The number of methoxy groups -OCH3 is 2. The lowest BCUT2D eigenvalue weighted by Crippen LogP contribution is -1.90. The fourth-order valence-corrected chi connectivity index (χ4v) is 1.88. The molecule has 0 heterocycles. The van der Waals surface area contributed by atoms with Crippen molar-refractivity contribution < 1.29 is 9.47 Å². The van der Waals surface area contributed by atoms with Gasteiger partial charge in [0, 0.05) is 16.7 Å². The normalized spacial score (nSPS) is 10.1. The van der Waals surface area contributed by atoms with E-state index in [1.54, 1.807) is 14.2 Å². The largest absolute Gasteiger partial charge is 0.497 e. The number of ether oxygens (including phenoxy) is 2. The number of hydrogen-bond donors (Lipinski definition) is 0. The summed E-state index contributed by atoms with van der Waals surface area (Å²) < 4.78 is 10.5. The third-order valence-corrected chi connectivity index (χ3v) is 2.78. The molecule has 0 N–H and O–H groups in total. The van der Waals surface area contributed by atoms with Crippen molar-refractivity contribution in [3.63, 3.8) is 0 Å². The summed E-state index contributed by atoms with van der Waals surface area (Å²) in [5.74, 6) is 1.54. The minimum absolute atomic E-state index is 0.709. The van der Waals surface area contributed by atoms with Crippen molar-refractivity contribution in [2.45, 2.75) is 0 Å². The molecule has 0 unspecified atom stereocenters. The van der Waals surface area contributed by atoms with Crippen LogP contribution in [0.15, 0.2) is 42.5 Å². The second-order valence-electron chi connectivity index (χ2n) is 3.58. The number of hydrogen-bond acceptors (Lipinski definition) is 2. The summed E-state index contributed by atoms with van der Waals surface area (Å²) in [6.45, 7) is 0. The molecule has 0 aromatic heterocycles. The van der Waals surface area contributed by atoms with Crippen molar-refractivity contribution in [2.24, 2.45) is 0 Å². The van der Waals surface area contributed by atoms with Crippen molar-refractivity contribution in [1.82, 2.24) is 0 Å². The van der Waals surface area contributed by atoms with Gasteiger partial charge in [0.2, 0.25) is 0 Å². The van der Waals surface area contributed by atoms with Crippen LogP contribution in [-0.2, 0) is 0 Å². The molecular formula is C14H13ClO2. The molecule has 0 aliphatic rings. The molecule has 0 amide bonds. The first-order valence-electron chi connectivity index (χ1n) is 5.22. The van der Waals surface area contributed by atoms with Gasteiger partial charge in [-0.05, 0) is 29.8 Å². The molecule has 0 aliphatic carbocycles. The molecule has 88 valence electrons. The van der Waals surface area contributed by atoms with Crippen LogP contribution >= 0.6 is 11.6 Å². The lowest BCUT2D eigenvalue weighted by atomic mass is 10.0. The zero-order valence-electron chi connectivity index (χ0n) is 9.74. The summed E-state index contributed by atoms with van der Waals surface area (Å²) in [6.07, 6.45) is 0. The fraction of sp³-hybridized carbons (Fsp3) is 0.143. The van der Waals surface area contributed by atoms with Crippen LogP contribution in [-0.4, -0.2) is 14.2 Å². The highest BCUT2D eigenvalue weighted by Gasteiger charge is 2.07. The van der Waals surface area contributed by atoms with Gasteiger partial charge in [-0.3, -0.25) is 0 Å². The molecular weight excluding hydrogens is 236 g/mol. The first-order chi connectivity index (χ1) is 8.24. The maximum atomic E-state index is 5.98. The van der Waals surface area contributed by atoms with E-state index in [0.29, 0.717) is 5.02 Å². The Balaban J connectivity index is 2.51. The first-order valence-corrected chi connectivity index (χ1v) is 5.60. The Labute approximate surface area is 106 Å². The predicted octanol–water partition coefficient (Wildman–Crippen LogP) is 4.02. The van der Waals surface area contributed by atoms with E-state index >= 15 is 0 Å². The highest BCUT2D eigenvalue weighted by Crippen LogP contribution is 2.34. The summed E-state index contributed by atoms with van der Waals surface area (Å²) in [5.41, 5.74) is 2.02. The Kier molecular flexibility index (Phi) is 3.55. The molecule has 0 bridgehead atoms. The molecule has 3 heteroatoms. The standard InChI is InChI=1S/C14H13ClO2/c1-16-12-6-7-13(14(9-12)17-2)10-4-3-5-11(15)8-10/h3-9H,1-2H3. The van der Waals surface area contributed by atoms with Crippen molar-refractivity contribution in [3.8, 4) is 22.6 Å². The van der Waals surface area contributed by atoms with Gasteiger partial charge >= 0.3 is 0 Å². The van der Waals surface area contributed by atoms with Gasteiger partial charge in [0.05, 0.1) is 14.2 Å². The zero-order valence-corrected chi connectivity index (χ0v) is 10.5. The average Bonchev–Trinajstić information content (AvgIpc) is 2.38. The van der Waals surface area contributed by atoms with Crippen molar-refractivity contribution in [2.75, 3.05) is 14.2 Å². The van der Waals surface area contributed by atoms with E-state index < -0.39 is 0 Å². The minimum atomic E-state index is 0.709. The van der Waals surface area contributed by atoms with Crippen LogP contribution in [0.25, 0.3) is 11.1 Å². The lowest BCUT2D eigenvalue weighted by molar-refractivity contribution is 0.395. The molecule has 0 radical (unpaired) electrons. The van der Waals surface area contributed by atoms with Crippen LogP contribution in [0, 0.1) is 0 Å². The molecule has 0 atom stereocenters. The van der Waals surface area contributed by atoms with Crippen LogP contribution < -0.4 is 9.47 Å². The average molecular weight is 249 g/mol. The van der Waals surface area contributed by atoms with Gasteiger partial charge < -0.3 is 9.47 Å². The van der Waals surface area contributed by atoms with E-state index in [0.717, 1.165) is 22.6 Å². The monoisotopic (exact) mass is 248 g/mol. The highest BCUT2D eigenvalue weighted by atomic mass is 35.5. The SMILES string of the molecule is COc1ccc(-c2cccc(Cl)c2)c(OC)c1. The Bertz CT molecular complexity index is 523. The van der Waals surface area contributed by atoms with E-state index in [1.807, 2.05) is 42.5 Å². The summed E-state index contributed by atoms with van der Waals surface area (Å²) >= 11 is 5.98. The van der Waals surface area contributed by atoms with E-state index in [-0.39, 0.29) is 0 Å². The first kappa shape index (κ1) is 11.8. The van der Waals surface area contributed by atoms with Crippen molar-refractivity contribution in [3.05, 3.63) is 47.5 Å². The molecule has 17 heavy (non-hydrogen) atoms. The van der Waals surface area contributed by atoms with Gasteiger partial charge in [-0.1, -0.05) is 23.7 Å². The van der Waals surface area contributed by atoms with Crippen molar-refractivity contribution >= 4 is 11.6 Å². The number of rotatable bonds is 3. The van der Waals surface area contributed by atoms with E-state index in [4.69, 9.17) is 21.1 Å². The third-order valence-electron chi connectivity index (χ3n) is 2.54. The van der Waals surface area contributed by atoms with E-state index in [9.17, 15) is 0 Å².